The maximum Gasteiger partial charge on any atom is 0.237 e. The highest BCUT2D eigenvalue weighted by molar-refractivity contribution is 5.83. The third-order valence-corrected chi connectivity index (χ3v) is 4.19. The summed E-state index contributed by atoms with van der Waals surface area (Å²) in [6, 6.07) is -0.157. The largest absolute Gasteiger partial charge is 0.392 e. The van der Waals surface area contributed by atoms with Gasteiger partial charge in [0.1, 0.15) is 0 Å². The number of aliphatic hydroxyl groups is 1. The first kappa shape index (κ1) is 16.2. The minimum absolute atomic E-state index is 0.0350. The number of nitrogens with one attached hydrogen (secondary N) is 2. The Morgan fingerprint density at radius 2 is 1.86 bits per heavy atom. The van der Waals surface area contributed by atoms with Crippen molar-refractivity contribution in [2.75, 3.05) is 19.6 Å². The second-order valence-corrected chi connectivity index (χ2v) is 7.18. The molecule has 3 N–H and O–H groups in total. The first-order valence-corrected chi connectivity index (χ1v) is 7.78. The van der Waals surface area contributed by atoms with E-state index in [0.717, 1.165) is 12.8 Å². The molecule has 2 saturated heterocycles. The molecule has 2 fully saturated rings. The predicted octanol–water partition coefficient (Wildman–Crippen LogP) is -0.137. The molecule has 2 atom stereocenters. The SMILES string of the molecule is CC(C)(C)C(=O)N1CCC(NC(=O)C2CC(O)CN2)CC1. The number of carbonyl (C=O) groups excluding carboxylic acids is 2. The maximum atomic E-state index is 12.2. The third-order valence-electron chi connectivity index (χ3n) is 4.19. The Bertz CT molecular complexity index is 397. The number of hydrogen-bond donors (Lipinski definition) is 3. The number of amides is 2. The first-order chi connectivity index (χ1) is 9.77. The normalized spacial score (nSPS) is 27.7. The van der Waals surface area contributed by atoms with Crippen LogP contribution in [0.5, 0.6) is 0 Å². The van der Waals surface area contributed by atoms with E-state index in [1.807, 2.05) is 25.7 Å². The number of nitrogens with zero attached hydrogens (tertiary/aromatic N) is 1. The van der Waals surface area contributed by atoms with Gasteiger partial charge in [0.05, 0.1) is 12.1 Å². The van der Waals surface area contributed by atoms with Crippen molar-refractivity contribution in [3.8, 4) is 0 Å². The second-order valence-electron chi connectivity index (χ2n) is 7.18. The molecule has 0 aromatic heterocycles. The number of β-amino-alcohol motifs (C(OH)–C–C–N with tert-alkyl or cyclic N) is 1. The molecule has 0 aromatic carbocycles. The Morgan fingerprint density at radius 3 is 2.33 bits per heavy atom. The minimum Gasteiger partial charge on any atom is -0.392 e. The Morgan fingerprint density at radius 1 is 1.24 bits per heavy atom. The van der Waals surface area contributed by atoms with Crippen LogP contribution in [0, 0.1) is 5.41 Å². The van der Waals surface area contributed by atoms with Gasteiger partial charge in [-0.3, -0.25) is 9.59 Å². The summed E-state index contributed by atoms with van der Waals surface area (Å²) in [6.45, 7) is 7.67. The van der Waals surface area contributed by atoms with Crippen LogP contribution in [0.25, 0.3) is 0 Å². The van der Waals surface area contributed by atoms with Crippen LogP contribution in [0.4, 0.5) is 0 Å². The van der Waals surface area contributed by atoms with Gasteiger partial charge in [0.2, 0.25) is 11.8 Å². The summed E-state index contributed by atoms with van der Waals surface area (Å²) in [4.78, 5) is 26.2. The van der Waals surface area contributed by atoms with E-state index in [9.17, 15) is 14.7 Å². The molecule has 0 aromatic rings. The zero-order chi connectivity index (χ0) is 15.6. The van der Waals surface area contributed by atoms with Crippen LogP contribution >= 0.6 is 0 Å². The van der Waals surface area contributed by atoms with Gasteiger partial charge in [-0.05, 0) is 19.3 Å². The topological polar surface area (TPSA) is 81.7 Å². The average molecular weight is 297 g/mol. The summed E-state index contributed by atoms with van der Waals surface area (Å²) in [5.41, 5.74) is -0.347. The summed E-state index contributed by atoms with van der Waals surface area (Å²) in [6.07, 6.45) is 1.64. The fourth-order valence-electron chi connectivity index (χ4n) is 2.92. The molecule has 120 valence electrons. The standard InChI is InChI=1S/C15H27N3O3/c1-15(2,3)14(21)18-6-4-10(5-7-18)17-13(20)12-8-11(19)9-16-12/h10-12,16,19H,4-9H2,1-3H3,(H,17,20). The van der Waals surface area contributed by atoms with Crippen LogP contribution in [0.2, 0.25) is 0 Å². The smallest absolute Gasteiger partial charge is 0.237 e. The quantitative estimate of drug-likeness (QED) is 0.663. The Hall–Kier alpha value is -1.14. The molecule has 21 heavy (non-hydrogen) atoms. The van der Waals surface area contributed by atoms with Crippen molar-refractivity contribution >= 4 is 11.8 Å². The zero-order valence-corrected chi connectivity index (χ0v) is 13.2. The summed E-state index contributed by atoms with van der Waals surface area (Å²) in [5.74, 6) is 0.139. The van der Waals surface area contributed by atoms with Gasteiger partial charge >= 0.3 is 0 Å². The van der Waals surface area contributed by atoms with Gasteiger partial charge in [0, 0.05) is 31.1 Å². The van der Waals surface area contributed by atoms with Crippen LogP contribution in [0.3, 0.4) is 0 Å². The molecule has 0 saturated carbocycles. The molecular weight excluding hydrogens is 270 g/mol. The molecule has 6 heteroatoms. The van der Waals surface area contributed by atoms with Crippen molar-refractivity contribution in [1.29, 1.82) is 0 Å². The zero-order valence-electron chi connectivity index (χ0n) is 13.2. The lowest BCUT2D eigenvalue weighted by molar-refractivity contribution is -0.140. The van der Waals surface area contributed by atoms with Crippen molar-refractivity contribution in [2.24, 2.45) is 5.41 Å². The highest BCUT2D eigenvalue weighted by Gasteiger charge is 2.33. The van der Waals surface area contributed by atoms with Crippen LogP contribution in [0.1, 0.15) is 40.0 Å². The number of aliphatic hydroxyl groups excluding tert-OH is 1. The molecule has 6 nitrogen and oxygen atoms in total. The number of rotatable bonds is 2. The van der Waals surface area contributed by atoms with Crippen molar-refractivity contribution in [1.82, 2.24) is 15.5 Å². The fraction of sp³-hybridized carbons (Fsp3) is 0.867. The molecule has 2 aliphatic rings. The highest BCUT2D eigenvalue weighted by atomic mass is 16.3. The number of piperidine rings is 1. The molecule has 2 rings (SSSR count). The monoisotopic (exact) mass is 297 g/mol. The molecule has 0 bridgehead atoms. The van der Waals surface area contributed by atoms with E-state index in [-0.39, 0.29) is 29.3 Å². The fourth-order valence-corrected chi connectivity index (χ4v) is 2.92. The lowest BCUT2D eigenvalue weighted by atomic mass is 9.93. The van der Waals surface area contributed by atoms with Gasteiger partial charge in [-0.1, -0.05) is 20.8 Å². The molecule has 0 spiro atoms. The lowest BCUT2D eigenvalue weighted by Crippen LogP contribution is -2.51. The van der Waals surface area contributed by atoms with E-state index in [2.05, 4.69) is 10.6 Å². The Kier molecular flexibility index (Phi) is 4.88. The molecule has 2 unspecified atom stereocenters. The minimum atomic E-state index is -0.424. The average Bonchev–Trinajstić information content (AvgIpc) is 2.84. The predicted molar refractivity (Wildman–Crippen MR) is 79.6 cm³/mol. The third kappa shape index (κ3) is 4.17. The number of hydrogen-bond acceptors (Lipinski definition) is 4. The summed E-state index contributed by atoms with van der Waals surface area (Å²) < 4.78 is 0. The summed E-state index contributed by atoms with van der Waals surface area (Å²) in [7, 11) is 0. The van der Waals surface area contributed by atoms with E-state index in [4.69, 9.17) is 0 Å². The van der Waals surface area contributed by atoms with Crippen molar-refractivity contribution < 1.29 is 14.7 Å². The van der Waals surface area contributed by atoms with Crippen molar-refractivity contribution in [3.05, 3.63) is 0 Å². The molecule has 2 amide bonds. The molecule has 0 aliphatic carbocycles. The van der Waals surface area contributed by atoms with E-state index in [0.29, 0.717) is 26.1 Å². The van der Waals surface area contributed by atoms with E-state index in [1.165, 1.54) is 0 Å². The van der Waals surface area contributed by atoms with Gasteiger partial charge < -0.3 is 20.6 Å². The van der Waals surface area contributed by atoms with E-state index >= 15 is 0 Å². The molecular formula is C15H27N3O3. The molecule has 2 aliphatic heterocycles. The molecule has 0 radical (unpaired) electrons. The molecule has 2 heterocycles. The van der Waals surface area contributed by atoms with Crippen LogP contribution in [0.15, 0.2) is 0 Å². The van der Waals surface area contributed by atoms with Gasteiger partial charge in [-0.25, -0.2) is 0 Å². The second kappa shape index (κ2) is 6.32. The maximum absolute atomic E-state index is 12.2. The van der Waals surface area contributed by atoms with Crippen molar-refractivity contribution in [3.63, 3.8) is 0 Å². The van der Waals surface area contributed by atoms with Crippen LogP contribution in [-0.2, 0) is 9.59 Å². The Balaban J connectivity index is 1.77. The van der Waals surface area contributed by atoms with Crippen molar-refractivity contribution in [2.45, 2.75) is 58.2 Å². The van der Waals surface area contributed by atoms with Gasteiger partial charge in [0.15, 0.2) is 0 Å². The van der Waals surface area contributed by atoms with E-state index in [1.54, 1.807) is 0 Å². The lowest BCUT2D eigenvalue weighted by Gasteiger charge is -2.36. The van der Waals surface area contributed by atoms with Gasteiger partial charge in [-0.15, -0.1) is 0 Å². The van der Waals surface area contributed by atoms with Gasteiger partial charge in [-0.2, -0.15) is 0 Å². The van der Waals surface area contributed by atoms with Crippen LogP contribution < -0.4 is 10.6 Å². The first-order valence-electron chi connectivity index (χ1n) is 7.78. The Labute approximate surface area is 126 Å². The summed E-state index contributed by atoms with van der Waals surface area (Å²) in [5, 5.41) is 15.5. The number of carbonyl (C=O) groups is 2. The highest BCUT2D eigenvalue weighted by Crippen LogP contribution is 2.21. The van der Waals surface area contributed by atoms with E-state index < -0.39 is 6.10 Å². The van der Waals surface area contributed by atoms with Gasteiger partial charge in [0.25, 0.3) is 0 Å². The van der Waals surface area contributed by atoms with Crippen LogP contribution in [-0.4, -0.2) is 59.6 Å². The summed E-state index contributed by atoms with van der Waals surface area (Å²) >= 11 is 0. The number of likely N-dealkylation sites (tertiary alicyclic amines) is 1.